The van der Waals surface area contributed by atoms with Gasteiger partial charge in [-0.15, -0.1) is 0 Å². The molecule has 0 radical (unpaired) electrons. The van der Waals surface area contributed by atoms with Crippen LogP contribution in [0.4, 0.5) is 11.4 Å². The van der Waals surface area contributed by atoms with Crippen LogP contribution in [0.15, 0.2) is 41.3 Å². The number of aryl methyl sites for hydroxylation is 1. The minimum Gasteiger partial charge on any atom is -0.278 e. The molecule has 0 unspecified atom stereocenters. The SMILES string of the molecule is Cc1cc(N2C(=O)C(C)(C)CS2(=O)=O)ccc1S(=O)(=O)Nc1cc(Cl)ccc1Cl. The molecule has 1 aliphatic heterocycles. The fourth-order valence-corrected chi connectivity index (χ4v) is 6.89. The molecule has 2 aromatic carbocycles. The summed E-state index contributed by atoms with van der Waals surface area (Å²) in [7, 11) is -7.87. The van der Waals surface area contributed by atoms with Crippen LogP contribution in [-0.2, 0) is 24.8 Å². The van der Waals surface area contributed by atoms with Crippen molar-refractivity contribution in [1.29, 1.82) is 0 Å². The van der Waals surface area contributed by atoms with Gasteiger partial charge < -0.3 is 0 Å². The van der Waals surface area contributed by atoms with Crippen molar-refractivity contribution >= 4 is 60.5 Å². The third-order valence-electron chi connectivity index (χ3n) is 4.44. The van der Waals surface area contributed by atoms with E-state index in [2.05, 4.69) is 4.72 Å². The van der Waals surface area contributed by atoms with Crippen molar-refractivity contribution in [3.63, 3.8) is 0 Å². The van der Waals surface area contributed by atoms with Crippen LogP contribution in [0.2, 0.25) is 10.0 Å². The van der Waals surface area contributed by atoms with Gasteiger partial charge in [-0.1, -0.05) is 23.2 Å². The predicted molar refractivity (Wildman–Crippen MR) is 114 cm³/mol. The number of hydrogen-bond acceptors (Lipinski definition) is 5. The van der Waals surface area contributed by atoms with Crippen molar-refractivity contribution in [2.45, 2.75) is 25.7 Å². The lowest BCUT2D eigenvalue weighted by atomic mass is 9.95. The number of halogens is 2. The molecule has 0 aromatic heterocycles. The Morgan fingerprint density at radius 3 is 2.31 bits per heavy atom. The lowest BCUT2D eigenvalue weighted by molar-refractivity contribution is -0.123. The van der Waals surface area contributed by atoms with Gasteiger partial charge in [-0.3, -0.25) is 9.52 Å². The van der Waals surface area contributed by atoms with E-state index in [-0.39, 0.29) is 32.6 Å². The second kappa shape index (κ2) is 7.16. The third kappa shape index (κ3) is 4.09. The molecule has 0 saturated carbocycles. The van der Waals surface area contributed by atoms with E-state index in [1.165, 1.54) is 43.3 Å². The molecule has 1 amide bonds. The highest BCUT2D eigenvalue weighted by Gasteiger charge is 2.50. The monoisotopic (exact) mass is 476 g/mol. The third-order valence-corrected chi connectivity index (χ3v) is 8.55. The van der Waals surface area contributed by atoms with E-state index in [0.717, 1.165) is 4.31 Å². The maximum Gasteiger partial charge on any atom is 0.262 e. The van der Waals surface area contributed by atoms with E-state index >= 15 is 0 Å². The molecular formula is C18H18Cl2N2O5S2. The normalized spacial score (nSPS) is 18.1. The Morgan fingerprint density at radius 2 is 1.76 bits per heavy atom. The number of sulfonamides is 2. The molecule has 0 spiro atoms. The van der Waals surface area contributed by atoms with Crippen molar-refractivity contribution in [3.05, 3.63) is 52.0 Å². The molecule has 7 nitrogen and oxygen atoms in total. The second-order valence-corrected chi connectivity index (χ2v) is 11.7. The number of carbonyl (C=O) groups is 1. The van der Waals surface area contributed by atoms with E-state index in [1.807, 2.05) is 0 Å². The minimum absolute atomic E-state index is 0.0828. The fraction of sp³-hybridized carbons (Fsp3) is 0.278. The van der Waals surface area contributed by atoms with Gasteiger partial charge in [0, 0.05) is 5.02 Å². The highest BCUT2D eigenvalue weighted by atomic mass is 35.5. The molecule has 0 aliphatic carbocycles. The number of benzene rings is 2. The molecule has 2 aromatic rings. The molecule has 1 fully saturated rings. The van der Waals surface area contributed by atoms with Crippen molar-refractivity contribution < 1.29 is 21.6 Å². The minimum atomic E-state index is -4.03. The van der Waals surface area contributed by atoms with Gasteiger partial charge in [0.05, 0.1) is 32.5 Å². The zero-order chi connectivity index (χ0) is 21.8. The first kappa shape index (κ1) is 21.9. The predicted octanol–water partition coefficient (Wildman–Crippen LogP) is 3.81. The Hall–Kier alpha value is -1.81. The van der Waals surface area contributed by atoms with Crippen molar-refractivity contribution in [2.75, 3.05) is 14.8 Å². The first-order valence-corrected chi connectivity index (χ1v) is 12.3. The Balaban J connectivity index is 2.00. The number of anilines is 2. The van der Waals surface area contributed by atoms with Crippen LogP contribution in [0, 0.1) is 12.3 Å². The van der Waals surface area contributed by atoms with Gasteiger partial charge in [-0.2, -0.15) is 0 Å². The van der Waals surface area contributed by atoms with Crippen LogP contribution in [0.25, 0.3) is 0 Å². The average molecular weight is 477 g/mol. The number of carbonyl (C=O) groups excluding carboxylic acids is 1. The molecule has 29 heavy (non-hydrogen) atoms. The maximum atomic E-state index is 12.8. The van der Waals surface area contributed by atoms with E-state index in [1.54, 1.807) is 13.8 Å². The Kier molecular flexibility index (Phi) is 5.40. The van der Waals surface area contributed by atoms with Gasteiger partial charge in [0.1, 0.15) is 0 Å². The van der Waals surface area contributed by atoms with Crippen LogP contribution in [0.3, 0.4) is 0 Å². The molecule has 1 N–H and O–H groups in total. The van der Waals surface area contributed by atoms with Crippen LogP contribution in [-0.4, -0.2) is 28.5 Å². The molecule has 0 bridgehead atoms. The van der Waals surface area contributed by atoms with Crippen molar-refractivity contribution in [1.82, 2.24) is 0 Å². The van der Waals surface area contributed by atoms with Crippen molar-refractivity contribution in [3.8, 4) is 0 Å². The van der Waals surface area contributed by atoms with Gasteiger partial charge in [0.25, 0.3) is 10.0 Å². The summed E-state index contributed by atoms with van der Waals surface area (Å²) in [4.78, 5) is 12.5. The quantitative estimate of drug-likeness (QED) is 0.722. The van der Waals surface area contributed by atoms with E-state index in [4.69, 9.17) is 23.2 Å². The Bertz CT molecular complexity index is 1220. The van der Waals surface area contributed by atoms with Crippen LogP contribution in [0.1, 0.15) is 19.4 Å². The molecular weight excluding hydrogens is 459 g/mol. The summed E-state index contributed by atoms with van der Waals surface area (Å²) in [5.74, 6) is -0.872. The molecule has 11 heteroatoms. The summed E-state index contributed by atoms with van der Waals surface area (Å²) in [6, 6.07) is 8.26. The molecule has 1 aliphatic rings. The van der Waals surface area contributed by atoms with Crippen LogP contribution >= 0.6 is 23.2 Å². The Labute approximate surface area is 179 Å². The standard InChI is InChI=1S/C18H18Cl2N2O5S2/c1-11-8-13(22-17(23)18(2,3)10-28(22,24)25)5-7-16(11)29(26,27)21-15-9-12(19)4-6-14(15)20/h4-9,21H,10H2,1-3H3. The molecule has 1 saturated heterocycles. The second-order valence-electron chi connectivity index (χ2n) is 7.39. The largest absolute Gasteiger partial charge is 0.278 e. The lowest BCUT2D eigenvalue weighted by Gasteiger charge is -2.19. The first-order chi connectivity index (χ1) is 13.2. The summed E-state index contributed by atoms with van der Waals surface area (Å²) in [6.07, 6.45) is 0. The molecule has 3 rings (SSSR count). The zero-order valence-corrected chi connectivity index (χ0v) is 18.9. The highest BCUT2D eigenvalue weighted by molar-refractivity contribution is 7.94. The van der Waals surface area contributed by atoms with Gasteiger partial charge in [-0.05, 0) is 62.7 Å². The topological polar surface area (TPSA) is 101 Å². The van der Waals surface area contributed by atoms with Crippen LogP contribution < -0.4 is 9.03 Å². The number of hydrogen-bond donors (Lipinski definition) is 1. The number of nitrogens with zero attached hydrogens (tertiary/aromatic N) is 1. The van der Waals surface area contributed by atoms with Gasteiger partial charge in [0.2, 0.25) is 15.9 Å². The number of amides is 1. The van der Waals surface area contributed by atoms with Gasteiger partial charge >= 0.3 is 0 Å². The van der Waals surface area contributed by atoms with Gasteiger partial charge in [-0.25, -0.2) is 21.1 Å². The number of nitrogens with one attached hydrogen (secondary N) is 1. The fourth-order valence-electron chi connectivity index (χ4n) is 3.10. The summed E-state index contributed by atoms with van der Waals surface area (Å²) < 4.78 is 53.6. The molecule has 1 heterocycles. The Morgan fingerprint density at radius 1 is 1.10 bits per heavy atom. The highest BCUT2D eigenvalue weighted by Crippen LogP contribution is 2.37. The zero-order valence-electron chi connectivity index (χ0n) is 15.7. The van der Waals surface area contributed by atoms with Crippen LogP contribution in [0.5, 0.6) is 0 Å². The lowest BCUT2D eigenvalue weighted by Crippen LogP contribution is -2.33. The van der Waals surface area contributed by atoms with E-state index in [0.29, 0.717) is 5.02 Å². The maximum absolute atomic E-state index is 12.8. The van der Waals surface area contributed by atoms with E-state index in [9.17, 15) is 21.6 Å². The average Bonchev–Trinajstić information content (AvgIpc) is 2.73. The van der Waals surface area contributed by atoms with E-state index < -0.39 is 31.4 Å². The summed E-state index contributed by atoms with van der Waals surface area (Å²) in [5.41, 5.74) is -0.581. The molecule has 0 atom stereocenters. The molecule has 156 valence electrons. The van der Waals surface area contributed by atoms with Gasteiger partial charge in [0.15, 0.2) is 0 Å². The summed E-state index contributed by atoms with van der Waals surface area (Å²) in [5, 5.41) is 0.475. The van der Waals surface area contributed by atoms with Crippen molar-refractivity contribution in [2.24, 2.45) is 5.41 Å². The summed E-state index contributed by atoms with van der Waals surface area (Å²) in [6.45, 7) is 4.62. The summed E-state index contributed by atoms with van der Waals surface area (Å²) >= 11 is 11.9. The number of rotatable bonds is 4. The first-order valence-electron chi connectivity index (χ1n) is 8.41. The smallest absolute Gasteiger partial charge is 0.262 e.